The Hall–Kier alpha value is -6.53. The minimum absolute atomic E-state index is 0.00832. The average molecular weight is 659 g/mol. The molecule has 0 radical (unpaired) electrons. The first-order valence-electron chi connectivity index (χ1n) is 17.5. The molecule has 3 heterocycles. The molecule has 51 heavy (non-hydrogen) atoms. The molecular formula is C45H34N6. The number of allylic oxidation sites excluding steroid dienone is 4. The average Bonchev–Trinajstić information content (AvgIpc) is 3.91. The summed E-state index contributed by atoms with van der Waals surface area (Å²) in [6.45, 7) is 0. The maximum atomic E-state index is 5.41. The Morgan fingerprint density at radius 2 is 0.882 bits per heavy atom. The molecule has 244 valence electrons. The molecule has 10 rings (SSSR count). The number of aliphatic imine (C=N–C) groups is 2. The van der Waals surface area contributed by atoms with Crippen LogP contribution in [0.25, 0.3) is 28.1 Å². The van der Waals surface area contributed by atoms with Crippen molar-refractivity contribution in [3.63, 3.8) is 0 Å². The molecule has 2 aliphatic heterocycles. The molecule has 0 N–H and O–H groups in total. The number of amidine groups is 2. The number of benzene rings is 5. The molecule has 4 atom stereocenters. The number of hydrogen-bond acceptors (Lipinski definition) is 5. The van der Waals surface area contributed by atoms with Crippen LogP contribution < -0.4 is 9.80 Å². The fourth-order valence-electron chi connectivity index (χ4n) is 7.84. The molecule has 1 aromatic heterocycles. The molecule has 0 amide bonds. The van der Waals surface area contributed by atoms with Crippen molar-refractivity contribution in [1.82, 2.24) is 9.55 Å². The summed E-state index contributed by atoms with van der Waals surface area (Å²) in [4.78, 5) is 20.9. The molecule has 4 aliphatic rings. The molecule has 6 heteroatoms. The summed E-state index contributed by atoms with van der Waals surface area (Å²) in [6, 6.07) is 47.1. The molecule has 5 aromatic carbocycles. The second-order valence-corrected chi connectivity index (χ2v) is 13.2. The fraction of sp³-hybridized carbons (Fsp3) is 0.0889. The maximum Gasteiger partial charge on any atom is 0.145 e. The number of fused-ring (bicyclic) bond motifs is 3. The SMILES string of the molecule is C1=CC2N=C(c3cc(C4=N[C@H]5C=CC=CC5N4c4ccccc4)cc(-c4nc5ccccc5n4-c4ccccc4)c3)N(c3ccccc3)C2C=C1. The number of nitrogens with zero attached hydrogens (tertiary/aromatic N) is 6. The van der Waals surface area contributed by atoms with E-state index in [4.69, 9.17) is 15.0 Å². The summed E-state index contributed by atoms with van der Waals surface area (Å²) < 4.78 is 2.27. The van der Waals surface area contributed by atoms with Crippen LogP contribution in [0, 0.1) is 0 Å². The minimum atomic E-state index is 0.00832. The molecule has 6 nitrogen and oxygen atoms in total. The Kier molecular flexibility index (Phi) is 6.98. The van der Waals surface area contributed by atoms with Crippen molar-refractivity contribution in [3.8, 4) is 17.1 Å². The van der Waals surface area contributed by atoms with E-state index in [1.165, 1.54) is 0 Å². The molecule has 2 aliphatic carbocycles. The summed E-state index contributed by atoms with van der Waals surface area (Å²) >= 11 is 0. The van der Waals surface area contributed by atoms with Gasteiger partial charge in [-0.1, -0.05) is 115 Å². The minimum Gasteiger partial charge on any atom is -0.317 e. The molecule has 6 aromatic rings. The monoisotopic (exact) mass is 658 g/mol. The van der Waals surface area contributed by atoms with E-state index in [1.807, 2.05) is 0 Å². The van der Waals surface area contributed by atoms with Crippen LogP contribution in [0.15, 0.2) is 192 Å². The second kappa shape index (κ2) is 12.1. The van der Waals surface area contributed by atoms with Gasteiger partial charge in [0, 0.05) is 33.8 Å². The number of aromatic nitrogens is 2. The Morgan fingerprint density at radius 3 is 1.43 bits per heavy atom. The zero-order valence-corrected chi connectivity index (χ0v) is 27.8. The Balaban J connectivity index is 1.23. The third-order valence-electron chi connectivity index (χ3n) is 10.1. The first-order valence-corrected chi connectivity index (χ1v) is 17.5. The van der Waals surface area contributed by atoms with Crippen LogP contribution >= 0.6 is 0 Å². The highest BCUT2D eigenvalue weighted by molar-refractivity contribution is 6.17. The van der Waals surface area contributed by atoms with E-state index >= 15 is 0 Å². The van der Waals surface area contributed by atoms with Gasteiger partial charge in [0.05, 0.1) is 35.2 Å². The van der Waals surface area contributed by atoms with Crippen molar-refractivity contribution in [1.29, 1.82) is 0 Å². The number of rotatable bonds is 6. The van der Waals surface area contributed by atoms with Gasteiger partial charge in [-0.25, -0.2) is 4.98 Å². The molecule has 0 spiro atoms. The van der Waals surface area contributed by atoms with Gasteiger partial charge in [-0.2, -0.15) is 0 Å². The van der Waals surface area contributed by atoms with Crippen molar-refractivity contribution in [2.24, 2.45) is 9.98 Å². The van der Waals surface area contributed by atoms with Crippen molar-refractivity contribution in [2.75, 3.05) is 9.80 Å². The highest BCUT2D eigenvalue weighted by Crippen LogP contribution is 2.37. The second-order valence-electron chi connectivity index (χ2n) is 13.2. The summed E-state index contributed by atoms with van der Waals surface area (Å²) in [5.74, 6) is 2.73. The highest BCUT2D eigenvalue weighted by Gasteiger charge is 2.38. The van der Waals surface area contributed by atoms with Gasteiger partial charge < -0.3 is 9.80 Å². The lowest BCUT2D eigenvalue weighted by atomic mass is 9.99. The summed E-state index contributed by atoms with van der Waals surface area (Å²) in [7, 11) is 0. The largest absolute Gasteiger partial charge is 0.317 e. The zero-order chi connectivity index (χ0) is 33.7. The first-order chi connectivity index (χ1) is 25.3. The summed E-state index contributed by atoms with van der Waals surface area (Å²) in [6.07, 6.45) is 17.4. The van der Waals surface area contributed by atoms with Crippen LogP contribution in [0.2, 0.25) is 0 Å². The van der Waals surface area contributed by atoms with Crippen LogP contribution in [-0.4, -0.2) is 45.4 Å². The predicted molar refractivity (Wildman–Crippen MR) is 209 cm³/mol. The number of imidazole rings is 1. The van der Waals surface area contributed by atoms with Crippen LogP contribution in [0.4, 0.5) is 11.4 Å². The highest BCUT2D eigenvalue weighted by atomic mass is 15.3. The van der Waals surface area contributed by atoms with E-state index in [1.54, 1.807) is 0 Å². The van der Waals surface area contributed by atoms with Gasteiger partial charge in [0.15, 0.2) is 0 Å². The van der Waals surface area contributed by atoms with Gasteiger partial charge >= 0.3 is 0 Å². The van der Waals surface area contributed by atoms with E-state index in [9.17, 15) is 0 Å². The van der Waals surface area contributed by atoms with Gasteiger partial charge in [-0.3, -0.25) is 14.6 Å². The quantitative estimate of drug-likeness (QED) is 0.180. The summed E-state index contributed by atoms with van der Waals surface area (Å²) in [5, 5.41) is 0. The van der Waals surface area contributed by atoms with Gasteiger partial charge in [-0.05, 0) is 66.7 Å². The van der Waals surface area contributed by atoms with E-state index < -0.39 is 0 Å². The van der Waals surface area contributed by atoms with Gasteiger partial charge in [0.2, 0.25) is 0 Å². The molecule has 0 saturated carbocycles. The Labute approximate surface area is 297 Å². The van der Waals surface area contributed by atoms with Crippen LogP contribution in [0.5, 0.6) is 0 Å². The number of para-hydroxylation sites is 5. The molecule has 0 fully saturated rings. The van der Waals surface area contributed by atoms with Crippen LogP contribution in [0.3, 0.4) is 0 Å². The van der Waals surface area contributed by atoms with Crippen molar-refractivity contribution in [3.05, 3.63) is 193 Å². The van der Waals surface area contributed by atoms with Crippen molar-refractivity contribution >= 4 is 34.1 Å². The van der Waals surface area contributed by atoms with E-state index in [0.717, 1.165) is 62.3 Å². The molecule has 0 saturated heterocycles. The third-order valence-corrected chi connectivity index (χ3v) is 10.1. The van der Waals surface area contributed by atoms with Crippen molar-refractivity contribution < 1.29 is 0 Å². The maximum absolute atomic E-state index is 5.41. The lowest BCUT2D eigenvalue weighted by Crippen LogP contribution is -2.40. The topological polar surface area (TPSA) is 49.0 Å². The lowest BCUT2D eigenvalue weighted by Gasteiger charge is -2.30. The number of hydrogen-bond donors (Lipinski definition) is 0. The number of anilines is 2. The first kappa shape index (κ1) is 29.4. The van der Waals surface area contributed by atoms with E-state index in [-0.39, 0.29) is 24.2 Å². The van der Waals surface area contributed by atoms with Gasteiger partial charge in [0.25, 0.3) is 0 Å². The van der Waals surface area contributed by atoms with E-state index in [0.29, 0.717) is 0 Å². The predicted octanol–water partition coefficient (Wildman–Crippen LogP) is 8.95. The molecule has 3 unspecified atom stereocenters. The van der Waals surface area contributed by atoms with Gasteiger partial charge in [-0.15, -0.1) is 0 Å². The van der Waals surface area contributed by atoms with Crippen LogP contribution in [0.1, 0.15) is 11.1 Å². The lowest BCUT2D eigenvalue weighted by molar-refractivity contribution is 0.739. The normalized spacial score (nSPS) is 21.6. The third kappa shape index (κ3) is 4.98. The Morgan fingerprint density at radius 1 is 0.431 bits per heavy atom. The summed E-state index contributed by atoms with van der Waals surface area (Å²) in [5.41, 5.74) is 8.31. The van der Waals surface area contributed by atoms with E-state index in [2.05, 4.69) is 196 Å². The standard InChI is InChI=1S/C45H34N6/c1-4-16-34(17-5-1)49-40-25-13-10-22-37(40)46-43(49)31-28-32(44-47-38-23-11-14-26-41(38)50(44)35-18-6-2-7-19-35)30-33(29-31)45-48-39-24-12-15-27-42(39)51(45)36-20-8-3-9-21-36/h1-30,37-38,40-41H/t37-,38?,40?,41?/m0/s1. The molecule has 0 bridgehead atoms. The fourth-order valence-corrected chi connectivity index (χ4v) is 7.84. The molecular weight excluding hydrogens is 625 g/mol. The van der Waals surface area contributed by atoms with Crippen LogP contribution in [-0.2, 0) is 0 Å². The van der Waals surface area contributed by atoms with Gasteiger partial charge in [0.1, 0.15) is 17.5 Å². The van der Waals surface area contributed by atoms with Crippen molar-refractivity contribution in [2.45, 2.75) is 24.2 Å². The Bertz CT molecular complexity index is 2340. The zero-order valence-electron chi connectivity index (χ0n) is 27.8. The smallest absolute Gasteiger partial charge is 0.145 e.